The first kappa shape index (κ1) is 19.0. The molecule has 1 amide bonds. The van der Waals surface area contributed by atoms with E-state index in [1.165, 1.54) is 22.5 Å². The molecule has 2 aromatic heterocycles. The molecule has 0 spiro atoms. The molecule has 0 aliphatic carbocycles. The third kappa shape index (κ3) is 5.37. The maximum atomic E-state index is 12.4. The monoisotopic (exact) mass is 381 g/mol. The largest absolute Gasteiger partial charge is 0.492 e. The van der Waals surface area contributed by atoms with Crippen LogP contribution in [0.3, 0.4) is 0 Å². The van der Waals surface area contributed by atoms with E-state index < -0.39 is 0 Å². The van der Waals surface area contributed by atoms with Gasteiger partial charge in [-0.15, -0.1) is 11.3 Å². The highest BCUT2D eigenvalue weighted by molar-refractivity contribution is 7.13. The van der Waals surface area contributed by atoms with E-state index in [4.69, 9.17) is 4.74 Å². The number of thiazole rings is 1. The molecule has 0 aliphatic rings. The van der Waals surface area contributed by atoms with Gasteiger partial charge < -0.3 is 9.64 Å². The number of pyridine rings is 1. The molecule has 2 heterocycles. The number of hydrogen-bond acceptors (Lipinski definition) is 5. The van der Waals surface area contributed by atoms with Crippen molar-refractivity contribution < 1.29 is 9.53 Å². The number of aromatic nitrogens is 2. The van der Waals surface area contributed by atoms with Gasteiger partial charge in [-0.1, -0.05) is 12.1 Å². The minimum Gasteiger partial charge on any atom is -0.492 e. The summed E-state index contributed by atoms with van der Waals surface area (Å²) < 4.78 is 5.78. The number of carbonyl (C=O) groups is 1. The highest BCUT2D eigenvalue weighted by Crippen LogP contribution is 2.21. The van der Waals surface area contributed by atoms with Crippen LogP contribution >= 0.6 is 11.3 Å². The van der Waals surface area contributed by atoms with Gasteiger partial charge in [0, 0.05) is 18.6 Å². The molecule has 0 radical (unpaired) electrons. The third-order valence-electron chi connectivity index (χ3n) is 4.08. The molecule has 140 valence electrons. The molecule has 6 heteroatoms. The summed E-state index contributed by atoms with van der Waals surface area (Å²) in [6.45, 7) is 5.08. The molecule has 1 aromatic carbocycles. The van der Waals surface area contributed by atoms with Crippen LogP contribution in [-0.4, -0.2) is 41.0 Å². The van der Waals surface area contributed by atoms with Crippen molar-refractivity contribution in [2.75, 3.05) is 20.2 Å². The van der Waals surface area contributed by atoms with Crippen LogP contribution in [0.25, 0.3) is 10.7 Å². The Bertz CT molecular complexity index is 889. The van der Waals surface area contributed by atoms with E-state index in [1.807, 2.05) is 49.6 Å². The summed E-state index contributed by atoms with van der Waals surface area (Å²) in [6, 6.07) is 11.8. The van der Waals surface area contributed by atoms with E-state index in [0.29, 0.717) is 13.2 Å². The smallest absolute Gasteiger partial charge is 0.228 e. The zero-order valence-electron chi connectivity index (χ0n) is 15.8. The van der Waals surface area contributed by atoms with Crippen molar-refractivity contribution in [3.63, 3.8) is 0 Å². The first-order valence-electron chi connectivity index (χ1n) is 8.82. The van der Waals surface area contributed by atoms with Crippen LogP contribution in [0.4, 0.5) is 0 Å². The number of carbonyl (C=O) groups excluding carboxylic acids is 1. The summed E-state index contributed by atoms with van der Waals surface area (Å²) in [6.07, 6.45) is 2.02. The Hall–Kier alpha value is -2.73. The second-order valence-corrected chi connectivity index (χ2v) is 7.38. The van der Waals surface area contributed by atoms with Gasteiger partial charge in [0.1, 0.15) is 17.4 Å². The lowest BCUT2D eigenvalue weighted by atomic mass is 10.1. The fourth-order valence-corrected chi connectivity index (χ4v) is 3.52. The number of likely N-dealkylation sites (N-methyl/N-ethyl adjacent to an activating group) is 1. The van der Waals surface area contributed by atoms with E-state index >= 15 is 0 Å². The molecular weight excluding hydrogens is 358 g/mol. The molecule has 5 nitrogen and oxygen atoms in total. The van der Waals surface area contributed by atoms with Crippen LogP contribution in [0, 0.1) is 13.8 Å². The summed E-state index contributed by atoms with van der Waals surface area (Å²) in [4.78, 5) is 22.9. The summed E-state index contributed by atoms with van der Waals surface area (Å²) in [5.74, 6) is 0.866. The lowest BCUT2D eigenvalue weighted by Gasteiger charge is -2.17. The van der Waals surface area contributed by atoms with Gasteiger partial charge in [0.05, 0.1) is 24.4 Å². The maximum absolute atomic E-state index is 12.4. The molecule has 0 N–H and O–H groups in total. The Morgan fingerprint density at radius 3 is 2.67 bits per heavy atom. The number of benzene rings is 1. The number of ether oxygens (including phenoxy) is 1. The van der Waals surface area contributed by atoms with Crippen molar-refractivity contribution >= 4 is 17.2 Å². The molecule has 0 atom stereocenters. The molecule has 0 aliphatic heterocycles. The number of hydrogen-bond donors (Lipinski definition) is 0. The molecule has 0 saturated heterocycles. The topological polar surface area (TPSA) is 55.3 Å². The molecule has 3 aromatic rings. The fourth-order valence-electron chi connectivity index (χ4n) is 2.73. The van der Waals surface area contributed by atoms with Crippen LogP contribution in [0.15, 0.2) is 48.0 Å². The average molecular weight is 382 g/mol. The Balaban J connectivity index is 1.50. The molecule has 27 heavy (non-hydrogen) atoms. The van der Waals surface area contributed by atoms with Crippen molar-refractivity contribution in [1.82, 2.24) is 14.9 Å². The number of aryl methyl sites for hydroxylation is 2. The summed E-state index contributed by atoms with van der Waals surface area (Å²) >= 11 is 1.51. The molecular formula is C21H23N3O2S. The Morgan fingerprint density at radius 2 is 1.96 bits per heavy atom. The van der Waals surface area contributed by atoms with Crippen LogP contribution in [0.5, 0.6) is 5.75 Å². The van der Waals surface area contributed by atoms with Gasteiger partial charge in [-0.25, -0.2) is 4.98 Å². The zero-order chi connectivity index (χ0) is 19.2. The highest BCUT2D eigenvalue weighted by Gasteiger charge is 2.13. The van der Waals surface area contributed by atoms with Crippen molar-refractivity contribution in [3.05, 3.63) is 64.8 Å². The molecule has 0 saturated carbocycles. The van der Waals surface area contributed by atoms with Gasteiger partial charge in [-0.05, 0) is 49.2 Å². The van der Waals surface area contributed by atoms with E-state index in [0.717, 1.165) is 22.1 Å². The molecule has 0 bridgehead atoms. The highest BCUT2D eigenvalue weighted by atomic mass is 32.1. The summed E-state index contributed by atoms with van der Waals surface area (Å²) in [7, 11) is 1.79. The standard InChI is InChI=1S/C21H23N3O2S/c1-15-10-16(2)12-18(11-15)26-9-8-24(3)20(25)13-17-14-27-21(23-17)19-6-4-5-7-22-19/h4-7,10-12,14H,8-9,13H2,1-3H3. The third-order valence-corrected chi connectivity index (χ3v) is 5.00. The van der Waals surface area contributed by atoms with E-state index in [9.17, 15) is 4.79 Å². The van der Waals surface area contributed by atoms with Crippen molar-refractivity contribution in [1.29, 1.82) is 0 Å². The van der Waals surface area contributed by atoms with E-state index in [-0.39, 0.29) is 12.3 Å². The fraction of sp³-hybridized carbons (Fsp3) is 0.286. The van der Waals surface area contributed by atoms with Crippen LogP contribution in [-0.2, 0) is 11.2 Å². The van der Waals surface area contributed by atoms with E-state index in [1.54, 1.807) is 18.1 Å². The normalized spacial score (nSPS) is 10.6. The van der Waals surface area contributed by atoms with Crippen molar-refractivity contribution in [3.8, 4) is 16.5 Å². The van der Waals surface area contributed by atoms with Crippen LogP contribution < -0.4 is 4.74 Å². The first-order valence-corrected chi connectivity index (χ1v) is 9.70. The van der Waals surface area contributed by atoms with Crippen molar-refractivity contribution in [2.45, 2.75) is 20.3 Å². The van der Waals surface area contributed by atoms with Gasteiger partial charge >= 0.3 is 0 Å². The second-order valence-electron chi connectivity index (χ2n) is 6.52. The minimum absolute atomic E-state index is 0.0249. The number of rotatable bonds is 7. The lowest BCUT2D eigenvalue weighted by Crippen LogP contribution is -2.32. The summed E-state index contributed by atoms with van der Waals surface area (Å²) in [5.41, 5.74) is 3.94. The van der Waals surface area contributed by atoms with Gasteiger partial charge in [-0.2, -0.15) is 0 Å². The summed E-state index contributed by atoms with van der Waals surface area (Å²) in [5, 5.41) is 2.75. The average Bonchev–Trinajstić information content (AvgIpc) is 3.10. The second kappa shape index (κ2) is 8.77. The Kier molecular flexibility index (Phi) is 6.19. The van der Waals surface area contributed by atoms with Gasteiger partial charge in [0.25, 0.3) is 0 Å². The predicted octanol–water partition coefficient (Wildman–Crippen LogP) is 3.90. The molecule has 0 unspecified atom stereocenters. The maximum Gasteiger partial charge on any atom is 0.228 e. The zero-order valence-corrected chi connectivity index (χ0v) is 16.6. The minimum atomic E-state index is 0.0249. The quantitative estimate of drug-likeness (QED) is 0.623. The SMILES string of the molecule is Cc1cc(C)cc(OCCN(C)C(=O)Cc2csc(-c3ccccn3)n2)c1. The van der Waals surface area contributed by atoms with E-state index in [2.05, 4.69) is 16.0 Å². The van der Waals surface area contributed by atoms with Gasteiger partial charge in [0.15, 0.2) is 0 Å². The van der Waals surface area contributed by atoms with Crippen molar-refractivity contribution in [2.24, 2.45) is 0 Å². The predicted molar refractivity (Wildman–Crippen MR) is 108 cm³/mol. The Labute approximate surface area is 163 Å². The van der Waals surface area contributed by atoms with Gasteiger partial charge in [0.2, 0.25) is 5.91 Å². The van der Waals surface area contributed by atoms with Crippen LogP contribution in [0.1, 0.15) is 16.8 Å². The first-order chi connectivity index (χ1) is 13.0. The molecule has 0 fully saturated rings. The van der Waals surface area contributed by atoms with Crippen LogP contribution in [0.2, 0.25) is 0 Å². The number of amides is 1. The lowest BCUT2D eigenvalue weighted by molar-refractivity contribution is -0.129. The Morgan fingerprint density at radius 1 is 1.19 bits per heavy atom. The number of nitrogens with zero attached hydrogens (tertiary/aromatic N) is 3. The molecule has 3 rings (SSSR count). The van der Waals surface area contributed by atoms with Gasteiger partial charge in [-0.3, -0.25) is 9.78 Å².